The highest BCUT2D eigenvalue weighted by Crippen LogP contribution is 2.19. The molecule has 2 N–H and O–H groups in total. The number of rotatable bonds is 8. The number of carbonyl (C=O) groups is 1. The van der Waals surface area contributed by atoms with Gasteiger partial charge < -0.3 is 15.5 Å². The van der Waals surface area contributed by atoms with Gasteiger partial charge >= 0.3 is 6.18 Å². The number of alkyl halides is 3. The monoisotopic (exact) mass is 384 g/mol. The highest BCUT2D eigenvalue weighted by molar-refractivity contribution is 5.80. The summed E-state index contributed by atoms with van der Waals surface area (Å²) in [5, 5.41) is 5.63. The number of hydrogen-bond acceptors (Lipinski definition) is 2. The van der Waals surface area contributed by atoms with Crippen LogP contribution in [0.5, 0.6) is 0 Å². The van der Waals surface area contributed by atoms with Gasteiger partial charge in [0.15, 0.2) is 5.96 Å². The fraction of sp³-hybridized carbons (Fsp3) is 0.579. The lowest BCUT2D eigenvalue weighted by Gasteiger charge is -2.16. The average molecular weight is 384 g/mol. The molecule has 0 spiro atoms. The van der Waals surface area contributed by atoms with Crippen molar-refractivity contribution in [1.29, 1.82) is 0 Å². The highest BCUT2D eigenvalue weighted by atomic mass is 19.4. The Bertz CT molecular complexity index is 619. The molecule has 0 radical (unpaired) electrons. The zero-order chi connectivity index (χ0) is 19.7. The molecule has 1 aliphatic rings. The predicted octanol–water partition coefficient (Wildman–Crippen LogP) is 2.59. The number of aliphatic imine (C=N–C) groups is 1. The smallest absolute Gasteiger partial charge is 0.357 e. The van der Waals surface area contributed by atoms with E-state index in [-0.39, 0.29) is 18.4 Å². The van der Waals surface area contributed by atoms with Crippen LogP contribution in [0.15, 0.2) is 35.3 Å². The SMILES string of the molecule is CCNC(=NCC1CC(=O)N(CCc2ccccc2)C1)NCCC(F)(F)F. The Morgan fingerprint density at radius 2 is 2.00 bits per heavy atom. The molecule has 2 rings (SSSR count). The highest BCUT2D eigenvalue weighted by Gasteiger charge is 2.29. The largest absolute Gasteiger partial charge is 0.390 e. The minimum absolute atomic E-state index is 0.0892. The standard InChI is InChI=1S/C19H27F3N4O/c1-2-23-18(24-10-9-19(20,21)22)25-13-16-12-17(27)26(14-16)11-8-15-6-4-3-5-7-15/h3-7,16H,2,8-14H2,1H3,(H2,23,24,25). The summed E-state index contributed by atoms with van der Waals surface area (Å²) in [5.74, 6) is 0.560. The van der Waals surface area contributed by atoms with Gasteiger partial charge in [0.1, 0.15) is 0 Å². The van der Waals surface area contributed by atoms with Gasteiger partial charge in [-0.05, 0) is 18.9 Å². The quantitative estimate of drug-likeness (QED) is 0.535. The van der Waals surface area contributed by atoms with Gasteiger partial charge in [-0.1, -0.05) is 30.3 Å². The summed E-state index contributed by atoms with van der Waals surface area (Å²) >= 11 is 0. The molecule has 1 saturated heterocycles. The molecule has 0 bridgehead atoms. The number of guanidine groups is 1. The molecular formula is C19H27F3N4O. The van der Waals surface area contributed by atoms with Crippen LogP contribution < -0.4 is 10.6 Å². The lowest BCUT2D eigenvalue weighted by atomic mass is 10.1. The Hall–Kier alpha value is -2.25. The van der Waals surface area contributed by atoms with Crippen LogP contribution in [0.1, 0.15) is 25.3 Å². The van der Waals surface area contributed by atoms with E-state index in [0.29, 0.717) is 38.6 Å². The molecular weight excluding hydrogens is 357 g/mol. The van der Waals surface area contributed by atoms with Gasteiger partial charge in [0.25, 0.3) is 0 Å². The zero-order valence-corrected chi connectivity index (χ0v) is 15.6. The van der Waals surface area contributed by atoms with Crippen LogP contribution in [0.3, 0.4) is 0 Å². The normalized spacial score (nSPS) is 18.1. The minimum atomic E-state index is -4.19. The second-order valence-electron chi connectivity index (χ2n) is 6.66. The lowest BCUT2D eigenvalue weighted by molar-refractivity contribution is -0.133. The van der Waals surface area contributed by atoms with E-state index in [4.69, 9.17) is 0 Å². The molecule has 1 unspecified atom stereocenters. The molecule has 1 aromatic carbocycles. The Balaban J connectivity index is 1.79. The topological polar surface area (TPSA) is 56.7 Å². The number of nitrogens with one attached hydrogen (secondary N) is 2. The molecule has 1 heterocycles. The van der Waals surface area contributed by atoms with Crippen molar-refractivity contribution in [2.45, 2.75) is 32.4 Å². The molecule has 1 fully saturated rings. The summed E-state index contributed by atoms with van der Waals surface area (Å²) < 4.78 is 36.8. The summed E-state index contributed by atoms with van der Waals surface area (Å²) in [4.78, 5) is 18.4. The van der Waals surface area contributed by atoms with Crippen molar-refractivity contribution >= 4 is 11.9 Å². The van der Waals surface area contributed by atoms with Crippen LogP contribution in [0.25, 0.3) is 0 Å². The Kier molecular flexibility index (Phi) is 7.94. The number of amides is 1. The first-order valence-corrected chi connectivity index (χ1v) is 9.28. The van der Waals surface area contributed by atoms with Crippen LogP contribution in [-0.4, -0.2) is 55.7 Å². The number of halogens is 3. The third kappa shape index (κ3) is 7.88. The lowest BCUT2D eigenvalue weighted by Crippen LogP contribution is -2.39. The molecule has 27 heavy (non-hydrogen) atoms. The Labute approximate surface area is 158 Å². The molecule has 1 aromatic rings. The summed E-state index contributed by atoms with van der Waals surface area (Å²) in [7, 11) is 0. The molecule has 1 atom stereocenters. The molecule has 8 heteroatoms. The second kappa shape index (κ2) is 10.2. The van der Waals surface area contributed by atoms with Crippen molar-refractivity contribution in [2.75, 3.05) is 32.7 Å². The van der Waals surface area contributed by atoms with Gasteiger partial charge in [-0.2, -0.15) is 13.2 Å². The van der Waals surface area contributed by atoms with E-state index in [1.54, 1.807) is 0 Å². The maximum atomic E-state index is 12.3. The molecule has 150 valence electrons. The predicted molar refractivity (Wildman–Crippen MR) is 99.5 cm³/mol. The maximum absolute atomic E-state index is 12.3. The van der Waals surface area contributed by atoms with Crippen molar-refractivity contribution < 1.29 is 18.0 Å². The van der Waals surface area contributed by atoms with Crippen LogP contribution in [0, 0.1) is 5.92 Å². The zero-order valence-electron chi connectivity index (χ0n) is 15.6. The van der Waals surface area contributed by atoms with Crippen molar-refractivity contribution in [3.63, 3.8) is 0 Å². The van der Waals surface area contributed by atoms with Crippen molar-refractivity contribution in [3.05, 3.63) is 35.9 Å². The second-order valence-corrected chi connectivity index (χ2v) is 6.66. The van der Waals surface area contributed by atoms with Crippen LogP contribution >= 0.6 is 0 Å². The van der Waals surface area contributed by atoms with Crippen molar-refractivity contribution in [1.82, 2.24) is 15.5 Å². The summed E-state index contributed by atoms with van der Waals surface area (Å²) in [6.45, 7) is 3.91. The van der Waals surface area contributed by atoms with Crippen molar-refractivity contribution in [3.8, 4) is 0 Å². The van der Waals surface area contributed by atoms with Gasteiger partial charge in [-0.15, -0.1) is 0 Å². The number of benzene rings is 1. The van der Waals surface area contributed by atoms with Gasteiger partial charge in [0.05, 0.1) is 6.42 Å². The van der Waals surface area contributed by atoms with Crippen LogP contribution in [0.4, 0.5) is 13.2 Å². The van der Waals surface area contributed by atoms with Gasteiger partial charge in [-0.25, -0.2) is 0 Å². The van der Waals surface area contributed by atoms with Gasteiger partial charge in [0, 0.05) is 45.1 Å². The van der Waals surface area contributed by atoms with E-state index in [9.17, 15) is 18.0 Å². The van der Waals surface area contributed by atoms with Crippen LogP contribution in [0.2, 0.25) is 0 Å². The fourth-order valence-corrected chi connectivity index (χ4v) is 2.99. The fourth-order valence-electron chi connectivity index (χ4n) is 2.99. The Morgan fingerprint density at radius 3 is 2.67 bits per heavy atom. The number of carbonyl (C=O) groups excluding carboxylic acids is 1. The molecule has 0 aliphatic carbocycles. The third-order valence-corrected chi connectivity index (χ3v) is 4.36. The number of hydrogen-bond donors (Lipinski definition) is 2. The van der Waals surface area contributed by atoms with Crippen LogP contribution in [-0.2, 0) is 11.2 Å². The third-order valence-electron chi connectivity index (χ3n) is 4.36. The molecule has 0 saturated carbocycles. The summed E-state index contributed by atoms with van der Waals surface area (Å²) in [6.07, 6.45) is -3.86. The molecule has 0 aromatic heterocycles. The molecule has 1 aliphatic heterocycles. The summed E-state index contributed by atoms with van der Waals surface area (Å²) in [5.41, 5.74) is 1.19. The minimum Gasteiger partial charge on any atom is -0.357 e. The first kappa shape index (κ1) is 21.1. The first-order valence-electron chi connectivity index (χ1n) is 9.28. The van der Waals surface area contributed by atoms with E-state index in [0.717, 1.165) is 6.42 Å². The summed E-state index contributed by atoms with van der Waals surface area (Å²) in [6, 6.07) is 10.00. The van der Waals surface area contributed by atoms with E-state index >= 15 is 0 Å². The van der Waals surface area contributed by atoms with E-state index in [1.165, 1.54) is 5.56 Å². The first-order chi connectivity index (χ1) is 12.9. The number of likely N-dealkylation sites (tertiary alicyclic amines) is 1. The van der Waals surface area contributed by atoms with Gasteiger partial charge in [0.2, 0.25) is 5.91 Å². The van der Waals surface area contributed by atoms with Crippen molar-refractivity contribution in [2.24, 2.45) is 10.9 Å². The van der Waals surface area contributed by atoms with E-state index in [1.807, 2.05) is 42.2 Å². The maximum Gasteiger partial charge on any atom is 0.390 e. The van der Waals surface area contributed by atoms with E-state index < -0.39 is 12.6 Å². The molecule has 5 nitrogen and oxygen atoms in total. The molecule has 1 amide bonds. The average Bonchev–Trinajstić information content (AvgIpc) is 2.97. The Morgan fingerprint density at radius 1 is 1.26 bits per heavy atom. The van der Waals surface area contributed by atoms with E-state index in [2.05, 4.69) is 15.6 Å². The van der Waals surface area contributed by atoms with Gasteiger partial charge in [-0.3, -0.25) is 9.79 Å². The number of nitrogens with zero attached hydrogens (tertiary/aromatic N) is 2.